The Morgan fingerprint density at radius 2 is 2.21 bits per heavy atom. The fraction of sp³-hybridized carbons (Fsp3) is 0.727. The van der Waals surface area contributed by atoms with Gasteiger partial charge in [0.15, 0.2) is 5.82 Å². The second-order valence-electron chi connectivity index (χ2n) is 5.18. The molecule has 0 atom stereocenters. The van der Waals surface area contributed by atoms with Crippen molar-refractivity contribution in [2.24, 2.45) is 0 Å². The van der Waals surface area contributed by atoms with Crippen molar-refractivity contribution in [2.45, 2.75) is 37.8 Å². The zero-order chi connectivity index (χ0) is 14.3. The summed E-state index contributed by atoms with van der Waals surface area (Å²) >= 11 is 0. The first-order valence-electron chi connectivity index (χ1n) is 6.23. The van der Waals surface area contributed by atoms with Crippen molar-refractivity contribution in [1.82, 2.24) is 14.1 Å². The van der Waals surface area contributed by atoms with Gasteiger partial charge in [-0.3, -0.25) is 4.68 Å². The van der Waals surface area contributed by atoms with Crippen molar-refractivity contribution in [1.29, 1.82) is 0 Å². The molecule has 0 saturated carbocycles. The van der Waals surface area contributed by atoms with Crippen molar-refractivity contribution < 1.29 is 13.2 Å². The van der Waals surface area contributed by atoms with Gasteiger partial charge in [0.2, 0.25) is 10.0 Å². The normalized spacial score (nSPS) is 20.6. The van der Waals surface area contributed by atoms with E-state index in [-0.39, 0.29) is 10.7 Å². The second-order valence-corrected chi connectivity index (χ2v) is 7.09. The predicted octanol–water partition coefficient (Wildman–Crippen LogP) is 0.285. The molecule has 1 aliphatic heterocycles. The first kappa shape index (κ1) is 14.3. The fourth-order valence-electron chi connectivity index (χ4n) is 2.10. The number of ether oxygens (including phenoxy) is 1. The molecule has 0 amide bonds. The number of anilines is 1. The van der Waals surface area contributed by atoms with Gasteiger partial charge in [-0.25, -0.2) is 8.42 Å². The smallest absolute Gasteiger partial charge is 0.248 e. The maximum atomic E-state index is 12.6. The number of rotatable bonds is 3. The third-order valence-electron chi connectivity index (χ3n) is 3.09. The van der Waals surface area contributed by atoms with E-state index in [1.165, 1.54) is 15.2 Å². The van der Waals surface area contributed by atoms with Crippen LogP contribution in [0.3, 0.4) is 0 Å². The standard InChI is InChI=1S/C11H20N4O3S/c1-4-14-7-9(10(12)13-14)19(16,17)15-5-6-18-11(2,3)8-15/h7H,4-6,8H2,1-3H3,(H2,12,13). The van der Waals surface area contributed by atoms with Gasteiger partial charge in [-0.1, -0.05) is 0 Å². The van der Waals surface area contributed by atoms with E-state index in [0.29, 0.717) is 26.2 Å². The van der Waals surface area contributed by atoms with Crippen molar-refractivity contribution in [3.63, 3.8) is 0 Å². The lowest BCUT2D eigenvalue weighted by molar-refractivity contribution is -0.0640. The van der Waals surface area contributed by atoms with Crippen LogP contribution in [0.2, 0.25) is 0 Å². The molecule has 108 valence electrons. The van der Waals surface area contributed by atoms with Crippen LogP contribution in [0.15, 0.2) is 11.1 Å². The third-order valence-corrected chi connectivity index (χ3v) is 4.95. The summed E-state index contributed by atoms with van der Waals surface area (Å²) in [5.74, 6) is 0.0474. The molecule has 2 rings (SSSR count). The first-order chi connectivity index (χ1) is 8.76. The monoisotopic (exact) mass is 288 g/mol. The van der Waals surface area contributed by atoms with E-state index >= 15 is 0 Å². The van der Waals surface area contributed by atoms with Crippen molar-refractivity contribution in [3.05, 3.63) is 6.20 Å². The first-order valence-corrected chi connectivity index (χ1v) is 7.67. The summed E-state index contributed by atoms with van der Waals surface area (Å²) in [6.45, 7) is 7.22. The zero-order valence-corrected chi connectivity index (χ0v) is 12.3. The Bertz CT molecular complexity index is 564. The van der Waals surface area contributed by atoms with Crippen LogP contribution in [-0.2, 0) is 21.3 Å². The number of hydrogen-bond donors (Lipinski definition) is 1. The Kier molecular flexibility index (Phi) is 3.59. The van der Waals surface area contributed by atoms with Crippen LogP contribution < -0.4 is 5.73 Å². The number of aromatic nitrogens is 2. The van der Waals surface area contributed by atoms with E-state index < -0.39 is 15.6 Å². The van der Waals surface area contributed by atoms with Crippen molar-refractivity contribution in [2.75, 3.05) is 25.4 Å². The van der Waals surface area contributed by atoms with Gasteiger partial charge >= 0.3 is 0 Å². The van der Waals surface area contributed by atoms with E-state index in [9.17, 15) is 8.42 Å². The SMILES string of the molecule is CCn1cc(S(=O)(=O)N2CCOC(C)(C)C2)c(N)n1. The lowest BCUT2D eigenvalue weighted by Crippen LogP contribution is -2.50. The molecule has 0 spiro atoms. The molecule has 0 aliphatic carbocycles. The second kappa shape index (κ2) is 4.77. The highest BCUT2D eigenvalue weighted by Crippen LogP contribution is 2.26. The maximum Gasteiger partial charge on any atom is 0.248 e. The molecule has 0 unspecified atom stereocenters. The molecule has 1 aromatic heterocycles. The molecule has 19 heavy (non-hydrogen) atoms. The summed E-state index contributed by atoms with van der Waals surface area (Å²) < 4.78 is 33.6. The molecule has 0 radical (unpaired) electrons. The summed E-state index contributed by atoms with van der Waals surface area (Å²) in [7, 11) is -3.61. The van der Waals surface area contributed by atoms with Gasteiger partial charge in [0.05, 0.1) is 12.2 Å². The van der Waals surface area contributed by atoms with E-state index in [1.807, 2.05) is 20.8 Å². The molecule has 2 N–H and O–H groups in total. The molecule has 1 aliphatic rings. The lowest BCUT2D eigenvalue weighted by Gasteiger charge is -2.37. The van der Waals surface area contributed by atoms with Crippen LogP contribution in [-0.4, -0.2) is 47.8 Å². The molecule has 1 saturated heterocycles. The van der Waals surface area contributed by atoms with Crippen molar-refractivity contribution >= 4 is 15.8 Å². The third kappa shape index (κ3) is 2.75. The number of hydrogen-bond acceptors (Lipinski definition) is 5. The summed E-state index contributed by atoms with van der Waals surface area (Å²) in [5.41, 5.74) is 5.22. The van der Waals surface area contributed by atoms with Gasteiger partial charge < -0.3 is 10.5 Å². The predicted molar refractivity (Wildman–Crippen MR) is 71.1 cm³/mol. The molecule has 8 heteroatoms. The topological polar surface area (TPSA) is 90.5 Å². The summed E-state index contributed by atoms with van der Waals surface area (Å²) in [5, 5.41) is 3.98. The van der Waals surface area contributed by atoms with Gasteiger partial charge in [-0.2, -0.15) is 9.40 Å². The van der Waals surface area contributed by atoms with Crippen LogP contribution in [0.1, 0.15) is 20.8 Å². The van der Waals surface area contributed by atoms with Crippen LogP contribution in [0, 0.1) is 0 Å². The number of aryl methyl sites for hydroxylation is 1. The lowest BCUT2D eigenvalue weighted by atomic mass is 10.1. The molecular weight excluding hydrogens is 268 g/mol. The molecular formula is C11H20N4O3S. The molecule has 0 aromatic carbocycles. The Hall–Kier alpha value is -1.12. The number of nitrogens with zero attached hydrogens (tertiary/aromatic N) is 3. The average molecular weight is 288 g/mol. The van der Waals surface area contributed by atoms with Gasteiger partial charge in [0, 0.05) is 25.8 Å². The summed E-state index contributed by atoms with van der Waals surface area (Å²) in [4.78, 5) is 0.0760. The van der Waals surface area contributed by atoms with Crippen LogP contribution >= 0.6 is 0 Å². The number of morpholine rings is 1. The van der Waals surface area contributed by atoms with E-state index in [4.69, 9.17) is 10.5 Å². The maximum absolute atomic E-state index is 12.6. The van der Waals surface area contributed by atoms with E-state index in [2.05, 4.69) is 5.10 Å². The molecule has 2 heterocycles. The number of sulfonamides is 1. The highest BCUT2D eigenvalue weighted by molar-refractivity contribution is 7.89. The zero-order valence-electron chi connectivity index (χ0n) is 11.5. The van der Waals surface area contributed by atoms with Crippen LogP contribution in [0.4, 0.5) is 5.82 Å². The average Bonchev–Trinajstić information content (AvgIpc) is 2.70. The van der Waals surface area contributed by atoms with Crippen LogP contribution in [0.25, 0.3) is 0 Å². The van der Waals surface area contributed by atoms with Gasteiger partial charge in [-0.05, 0) is 20.8 Å². The molecule has 7 nitrogen and oxygen atoms in total. The van der Waals surface area contributed by atoms with E-state index in [0.717, 1.165) is 0 Å². The molecule has 1 fully saturated rings. The fourth-order valence-corrected chi connectivity index (χ4v) is 3.73. The van der Waals surface area contributed by atoms with Crippen LogP contribution in [0.5, 0.6) is 0 Å². The molecule has 1 aromatic rings. The number of nitrogen functional groups attached to an aromatic ring is 1. The van der Waals surface area contributed by atoms with Gasteiger partial charge in [-0.15, -0.1) is 0 Å². The van der Waals surface area contributed by atoms with Gasteiger partial charge in [0.1, 0.15) is 4.90 Å². The Morgan fingerprint density at radius 3 is 2.74 bits per heavy atom. The van der Waals surface area contributed by atoms with Crippen molar-refractivity contribution in [3.8, 4) is 0 Å². The molecule has 0 bridgehead atoms. The summed E-state index contributed by atoms with van der Waals surface area (Å²) in [6.07, 6.45) is 1.48. The minimum atomic E-state index is -3.61. The largest absolute Gasteiger partial charge is 0.381 e. The minimum Gasteiger partial charge on any atom is -0.381 e. The highest BCUT2D eigenvalue weighted by Gasteiger charge is 2.36. The summed E-state index contributed by atoms with van der Waals surface area (Å²) in [6, 6.07) is 0. The quantitative estimate of drug-likeness (QED) is 0.863. The number of nitrogens with two attached hydrogens (primary N) is 1. The van der Waals surface area contributed by atoms with Gasteiger partial charge in [0.25, 0.3) is 0 Å². The Balaban J connectivity index is 2.34. The minimum absolute atomic E-state index is 0.0474. The highest BCUT2D eigenvalue weighted by atomic mass is 32.2. The Labute approximate surface area is 113 Å². The van der Waals surface area contributed by atoms with E-state index in [1.54, 1.807) is 0 Å². The Morgan fingerprint density at radius 1 is 1.53 bits per heavy atom.